The number of likely N-dealkylation sites (tertiary alicyclic amines) is 2. The summed E-state index contributed by atoms with van der Waals surface area (Å²) in [5.74, 6) is 0.0677. The van der Waals surface area contributed by atoms with Gasteiger partial charge in [-0.25, -0.2) is 0 Å². The van der Waals surface area contributed by atoms with Crippen molar-refractivity contribution in [3.8, 4) is 0 Å². The van der Waals surface area contributed by atoms with Crippen LogP contribution < -0.4 is 0 Å². The second-order valence-corrected chi connectivity index (χ2v) is 4.88. The molecule has 1 unspecified atom stereocenters. The number of nitrogens with zero attached hydrogens (tertiary/aromatic N) is 2. The molecule has 4 heteroatoms. The van der Waals surface area contributed by atoms with Gasteiger partial charge in [-0.1, -0.05) is 0 Å². The van der Waals surface area contributed by atoms with E-state index >= 15 is 0 Å². The Morgan fingerprint density at radius 1 is 1.27 bits per heavy atom. The van der Waals surface area contributed by atoms with Crippen LogP contribution in [-0.2, 0) is 4.79 Å². The molecule has 2 saturated heterocycles. The number of quaternary nitrogens is 1. The van der Waals surface area contributed by atoms with Gasteiger partial charge in [0, 0.05) is 20.0 Å². The summed E-state index contributed by atoms with van der Waals surface area (Å²) >= 11 is 0. The second kappa shape index (κ2) is 4.10. The van der Waals surface area contributed by atoms with Crippen molar-refractivity contribution >= 4 is 5.91 Å². The Kier molecular flexibility index (Phi) is 2.98. The molecule has 1 amide bonds. The molecule has 2 fully saturated rings. The lowest BCUT2D eigenvalue weighted by molar-refractivity contribution is -0.902. The van der Waals surface area contributed by atoms with Crippen LogP contribution in [0.25, 0.3) is 0 Å². The Labute approximate surface area is 91.0 Å². The Hall–Kier alpha value is -0.610. The summed E-state index contributed by atoms with van der Waals surface area (Å²) in [6.07, 6.45) is 4.88. The van der Waals surface area contributed by atoms with E-state index in [1.807, 2.05) is 7.05 Å². The maximum Gasteiger partial charge on any atom is 0.280 e. The summed E-state index contributed by atoms with van der Waals surface area (Å²) in [5, 5.41) is 12.5. The third-order valence-corrected chi connectivity index (χ3v) is 3.77. The molecule has 2 aliphatic heterocycles. The van der Waals surface area contributed by atoms with E-state index in [0.717, 1.165) is 38.6 Å². The number of rotatable bonds is 1. The van der Waals surface area contributed by atoms with Crippen molar-refractivity contribution in [2.75, 3.05) is 26.7 Å². The highest BCUT2D eigenvalue weighted by molar-refractivity contribution is 5.81. The van der Waals surface area contributed by atoms with Crippen LogP contribution in [-0.4, -0.2) is 48.2 Å². The molecule has 0 aromatic rings. The summed E-state index contributed by atoms with van der Waals surface area (Å²) in [6, 6.07) is -0.302. The minimum atomic E-state index is -0.302. The topological polar surface area (TPSA) is 43.4 Å². The average Bonchev–Trinajstić information content (AvgIpc) is 2.23. The van der Waals surface area contributed by atoms with Gasteiger partial charge in [0.05, 0.1) is 13.1 Å². The van der Waals surface area contributed by atoms with E-state index in [9.17, 15) is 10.0 Å². The molecule has 15 heavy (non-hydrogen) atoms. The van der Waals surface area contributed by atoms with E-state index in [0.29, 0.717) is 13.1 Å². The summed E-state index contributed by atoms with van der Waals surface area (Å²) < 4.78 is -0.247. The fraction of sp³-hybridized carbons (Fsp3) is 0.909. The SMILES string of the molecule is CN1CCCC([N+]2([O-])CCCCC2)C1=O. The highest BCUT2D eigenvalue weighted by atomic mass is 16.5. The Bertz CT molecular complexity index is 249. The molecular formula is C11H20N2O2. The van der Waals surface area contributed by atoms with Gasteiger partial charge in [-0.15, -0.1) is 0 Å². The predicted octanol–water partition coefficient (Wildman–Crippen LogP) is 1.11. The van der Waals surface area contributed by atoms with Crippen molar-refractivity contribution in [1.82, 2.24) is 4.90 Å². The summed E-state index contributed by atoms with van der Waals surface area (Å²) in [4.78, 5) is 13.7. The molecule has 0 N–H and O–H groups in total. The van der Waals surface area contributed by atoms with E-state index in [2.05, 4.69) is 0 Å². The zero-order valence-electron chi connectivity index (χ0n) is 9.45. The number of carbonyl (C=O) groups excluding carboxylic acids is 1. The Balaban J connectivity index is 2.10. The Morgan fingerprint density at radius 3 is 2.60 bits per heavy atom. The van der Waals surface area contributed by atoms with E-state index in [1.54, 1.807) is 4.90 Å². The number of piperidine rings is 2. The molecule has 2 rings (SSSR count). The van der Waals surface area contributed by atoms with E-state index < -0.39 is 0 Å². The lowest BCUT2D eigenvalue weighted by Crippen LogP contribution is -2.61. The average molecular weight is 212 g/mol. The summed E-state index contributed by atoms with van der Waals surface area (Å²) in [7, 11) is 1.81. The largest absolute Gasteiger partial charge is 0.632 e. The van der Waals surface area contributed by atoms with Gasteiger partial charge in [0.15, 0.2) is 6.04 Å². The van der Waals surface area contributed by atoms with Crippen molar-refractivity contribution in [3.63, 3.8) is 0 Å². The lowest BCUT2D eigenvalue weighted by Gasteiger charge is -2.52. The number of hydrogen-bond acceptors (Lipinski definition) is 2. The van der Waals surface area contributed by atoms with Crippen LogP contribution in [0.5, 0.6) is 0 Å². The fourth-order valence-electron chi connectivity index (χ4n) is 2.81. The maximum absolute atomic E-state index is 12.5. The van der Waals surface area contributed by atoms with E-state index in [4.69, 9.17) is 0 Å². The third-order valence-electron chi connectivity index (χ3n) is 3.77. The maximum atomic E-state index is 12.5. The van der Waals surface area contributed by atoms with Crippen LogP contribution in [0.2, 0.25) is 0 Å². The monoisotopic (exact) mass is 212 g/mol. The predicted molar refractivity (Wildman–Crippen MR) is 57.9 cm³/mol. The van der Waals surface area contributed by atoms with Gasteiger partial charge in [-0.3, -0.25) is 4.79 Å². The number of likely N-dealkylation sites (N-methyl/N-ethyl adjacent to an activating group) is 1. The van der Waals surface area contributed by atoms with Crippen molar-refractivity contribution in [2.45, 2.75) is 38.1 Å². The lowest BCUT2D eigenvalue weighted by atomic mass is 9.99. The molecule has 0 aromatic heterocycles. The van der Waals surface area contributed by atoms with Gasteiger partial charge in [-0.2, -0.15) is 0 Å². The third kappa shape index (κ3) is 2.01. The number of hydrogen-bond donors (Lipinski definition) is 0. The van der Waals surface area contributed by atoms with Crippen LogP contribution in [0.1, 0.15) is 32.1 Å². The normalized spacial score (nSPS) is 31.7. The quantitative estimate of drug-likeness (QED) is 0.482. The number of hydroxylamine groups is 3. The van der Waals surface area contributed by atoms with Crippen LogP contribution in [0.4, 0.5) is 0 Å². The molecule has 1 atom stereocenters. The zero-order valence-corrected chi connectivity index (χ0v) is 9.45. The molecular weight excluding hydrogens is 192 g/mol. The fourth-order valence-corrected chi connectivity index (χ4v) is 2.81. The highest BCUT2D eigenvalue weighted by Crippen LogP contribution is 2.27. The number of amides is 1. The molecule has 2 heterocycles. The summed E-state index contributed by atoms with van der Waals surface area (Å²) in [5.41, 5.74) is 0. The van der Waals surface area contributed by atoms with E-state index in [1.165, 1.54) is 0 Å². The van der Waals surface area contributed by atoms with Gasteiger partial charge in [-0.05, 0) is 25.7 Å². The molecule has 0 aliphatic carbocycles. The molecule has 0 radical (unpaired) electrons. The molecule has 86 valence electrons. The van der Waals surface area contributed by atoms with Gasteiger partial charge in [0.1, 0.15) is 0 Å². The first-order valence-electron chi connectivity index (χ1n) is 5.96. The molecule has 0 bridgehead atoms. The van der Waals surface area contributed by atoms with Crippen molar-refractivity contribution < 1.29 is 9.44 Å². The molecule has 4 nitrogen and oxygen atoms in total. The highest BCUT2D eigenvalue weighted by Gasteiger charge is 2.39. The number of carbonyl (C=O) groups is 1. The van der Waals surface area contributed by atoms with Crippen LogP contribution in [0.15, 0.2) is 0 Å². The van der Waals surface area contributed by atoms with Crippen molar-refractivity contribution in [1.29, 1.82) is 0 Å². The van der Waals surface area contributed by atoms with Crippen LogP contribution >= 0.6 is 0 Å². The van der Waals surface area contributed by atoms with Gasteiger partial charge in [0.2, 0.25) is 0 Å². The molecule has 2 aliphatic rings. The first-order chi connectivity index (χ1) is 7.13. The zero-order chi connectivity index (χ0) is 10.9. The Morgan fingerprint density at radius 2 is 1.93 bits per heavy atom. The van der Waals surface area contributed by atoms with Crippen molar-refractivity contribution in [2.24, 2.45) is 0 Å². The van der Waals surface area contributed by atoms with Crippen LogP contribution in [0, 0.1) is 5.21 Å². The minimum absolute atomic E-state index is 0.0677. The smallest absolute Gasteiger partial charge is 0.280 e. The first-order valence-corrected chi connectivity index (χ1v) is 5.96. The van der Waals surface area contributed by atoms with Gasteiger partial charge >= 0.3 is 0 Å². The van der Waals surface area contributed by atoms with E-state index in [-0.39, 0.29) is 16.6 Å². The standard InChI is InChI=1S/C11H20N2O2/c1-12-7-5-6-10(11(12)14)13(15)8-3-2-4-9-13/h10H,2-9H2,1H3. The van der Waals surface area contributed by atoms with Crippen molar-refractivity contribution in [3.05, 3.63) is 5.21 Å². The summed E-state index contributed by atoms with van der Waals surface area (Å²) in [6.45, 7) is 2.10. The van der Waals surface area contributed by atoms with Crippen LogP contribution in [0.3, 0.4) is 0 Å². The van der Waals surface area contributed by atoms with Gasteiger partial charge in [0.25, 0.3) is 5.91 Å². The first kappa shape index (κ1) is 10.9. The molecule has 0 aromatic carbocycles. The minimum Gasteiger partial charge on any atom is -0.632 e. The molecule has 0 spiro atoms. The second-order valence-electron chi connectivity index (χ2n) is 4.88. The molecule has 0 saturated carbocycles. The van der Waals surface area contributed by atoms with Gasteiger partial charge < -0.3 is 14.8 Å².